The minimum atomic E-state index is -4.27. The fourth-order valence-corrected chi connectivity index (χ4v) is 0.471. The zero-order valence-electron chi connectivity index (χ0n) is 7.19. The van der Waals surface area contributed by atoms with E-state index in [1.54, 1.807) is 6.92 Å². The lowest BCUT2D eigenvalue weighted by Gasteiger charge is -2.18. The summed E-state index contributed by atoms with van der Waals surface area (Å²) in [5.41, 5.74) is 5.21. The first kappa shape index (κ1) is 11.7. The number of nitrogens with two attached hydrogens (primary N) is 1. The second-order valence-corrected chi connectivity index (χ2v) is 2.86. The Morgan fingerprint density at radius 3 is 2.17 bits per heavy atom. The van der Waals surface area contributed by atoms with Crippen molar-refractivity contribution in [1.29, 1.82) is 0 Å². The number of rotatable bonds is 4. The average molecular weight is 185 g/mol. The molecule has 0 bridgehead atoms. The van der Waals surface area contributed by atoms with E-state index in [1.165, 1.54) is 0 Å². The molecule has 0 heterocycles. The second kappa shape index (κ2) is 4.67. The van der Waals surface area contributed by atoms with Crippen LogP contribution in [-0.4, -0.2) is 25.4 Å². The largest absolute Gasteiger partial charge is 0.414 e. The van der Waals surface area contributed by atoms with Gasteiger partial charge in [-0.05, 0) is 19.4 Å². The number of ether oxygens (including phenoxy) is 1. The van der Waals surface area contributed by atoms with Gasteiger partial charge in [-0.1, -0.05) is 6.92 Å². The van der Waals surface area contributed by atoms with Gasteiger partial charge >= 0.3 is 6.18 Å². The lowest BCUT2D eigenvalue weighted by molar-refractivity contribution is -0.216. The van der Waals surface area contributed by atoms with Crippen molar-refractivity contribution in [2.45, 2.75) is 26.1 Å². The van der Waals surface area contributed by atoms with E-state index in [0.29, 0.717) is 6.54 Å². The van der Waals surface area contributed by atoms with Crippen LogP contribution < -0.4 is 5.73 Å². The van der Waals surface area contributed by atoms with Gasteiger partial charge in [-0.25, -0.2) is 0 Å². The standard InChI is InChI=1S/C7H14F3NO/c1-5(3-11)4-12-6(2)7(8,9)10/h5-6H,3-4,11H2,1-2H3. The highest BCUT2D eigenvalue weighted by Crippen LogP contribution is 2.22. The zero-order chi connectivity index (χ0) is 9.78. The maximum Gasteiger partial charge on any atom is 0.414 e. The molecule has 74 valence electrons. The van der Waals surface area contributed by atoms with Crippen LogP contribution in [0.3, 0.4) is 0 Å². The molecule has 0 aliphatic heterocycles. The van der Waals surface area contributed by atoms with Crippen LogP contribution in [0.5, 0.6) is 0 Å². The third-order valence-corrected chi connectivity index (χ3v) is 1.49. The minimum absolute atomic E-state index is 0.0326. The van der Waals surface area contributed by atoms with Crippen molar-refractivity contribution in [2.24, 2.45) is 11.7 Å². The second-order valence-electron chi connectivity index (χ2n) is 2.86. The Kier molecular flexibility index (Phi) is 4.55. The van der Waals surface area contributed by atoms with Gasteiger partial charge in [0.15, 0.2) is 6.10 Å². The topological polar surface area (TPSA) is 35.2 Å². The molecular weight excluding hydrogens is 171 g/mol. The molecule has 0 radical (unpaired) electrons. The number of alkyl halides is 3. The number of hydrogen-bond donors (Lipinski definition) is 1. The zero-order valence-corrected chi connectivity index (χ0v) is 7.19. The van der Waals surface area contributed by atoms with Crippen molar-refractivity contribution in [2.75, 3.05) is 13.2 Å². The summed E-state index contributed by atoms with van der Waals surface area (Å²) in [6.45, 7) is 3.12. The summed E-state index contributed by atoms with van der Waals surface area (Å²) in [5, 5.41) is 0. The Labute approximate surface area is 69.9 Å². The predicted octanol–water partition coefficient (Wildman–Crippen LogP) is 1.55. The van der Waals surface area contributed by atoms with Crippen molar-refractivity contribution >= 4 is 0 Å². The number of hydrogen-bond acceptors (Lipinski definition) is 2. The van der Waals surface area contributed by atoms with Crippen LogP contribution in [0, 0.1) is 5.92 Å². The molecule has 0 aliphatic rings. The summed E-state index contributed by atoms with van der Waals surface area (Å²) in [6.07, 6.45) is -5.97. The minimum Gasteiger partial charge on any atom is -0.369 e. The van der Waals surface area contributed by atoms with E-state index in [4.69, 9.17) is 5.73 Å². The molecule has 5 heteroatoms. The van der Waals surface area contributed by atoms with Crippen LogP contribution in [0.2, 0.25) is 0 Å². The Balaban J connectivity index is 3.64. The molecule has 0 aromatic heterocycles. The van der Waals surface area contributed by atoms with E-state index in [9.17, 15) is 13.2 Å². The molecule has 2 unspecified atom stereocenters. The van der Waals surface area contributed by atoms with Crippen LogP contribution in [0.15, 0.2) is 0 Å². The average Bonchev–Trinajstić information content (AvgIpc) is 1.97. The number of halogens is 3. The molecule has 0 saturated heterocycles. The molecule has 2 atom stereocenters. The van der Waals surface area contributed by atoms with E-state index in [1.807, 2.05) is 0 Å². The molecule has 2 nitrogen and oxygen atoms in total. The summed E-state index contributed by atoms with van der Waals surface area (Å²) in [7, 11) is 0. The lowest BCUT2D eigenvalue weighted by Crippen LogP contribution is -2.31. The van der Waals surface area contributed by atoms with Crippen molar-refractivity contribution in [1.82, 2.24) is 0 Å². The first-order valence-electron chi connectivity index (χ1n) is 3.76. The molecule has 0 amide bonds. The molecule has 0 spiro atoms. The van der Waals surface area contributed by atoms with Crippen molar-refractivity contribution in [3.05, 3.63) is 0 Å². The highest BCUT2D eigenvalue weighted by molar-refractivity contribution is 4.61. The molecule has 0 aromatic rings. The summed E-state index contributed by atoms with van der Waals surface area (Å²) in [4.78, 5) is 0. The Morgan fingerprint density at radius 2 is 1.83 bits per heavy atom. The summed E-state index contributed by atoms with van der Waals surface area (Å²) in [6, 6.07) is 0. The van der Waals surface area contributed by atoms with Crippen LogP contribution in [0.1, 0.15) is 13.8 Å². The normalized spacial score (nSPS) is 17.5. The van der Waals surface area contributed by atoms with Crippen LogP contribution in [-0.2, 0) is 4.74 Å². The SMILES string of the molecule is CC(CN)COC(C)C(F)(F)F. The molecule has 0 fully saturated rings. The van der Waals surface area contributed by atoms with Crippen LogP contribution in [0.4, 0.5) is 13.2 Å². The molecule has 0 aromatic carbocycles. The first-order chi connectivity index (χ1) is 5.38. The Hall–Kier alpha value is -0.290. The highest BCUT2D eigenvalue weighted by atomic mass is 19.4. The van der Waals surface area contributed by atoms with E-state index in [-0.39, 0.29) is 12.5 Å². The van der Waals surface area contributed by atoms with Crippen LogP contribution in [0.25, 0.3) is 0 Å². The van der Waals surface area contributed by atoms with Gasteiger partial charge in [0.25, 0.3) is 0 Å². The molecular formula is C7H14F3NO. The van der Waals surface area contributed by atoms with E-state index in [0.717, 1.165) is 6.92 Å². The van der Waals surface area contributed by atoms with Gasteiger partial charge < -0.3 is 10.5 Å². The molecule has 0 rings (SSSR count). The summed E-state index contributed by atoms with van der Waals surface area (Å²) >= 11 is 0. The maximum atomic E-state index is 11.8. The fraction of sp³-hybridized carbons (Fsp3) is 1.00. The van der Waals surface area contributed by atoms with Gasteiger partial charge in [0.1, 0.15) is 0 Å². The van der Waals surface area contributed by atoms with Gasteiger partial charge in [-0.2, -0.15) is 13.2 Å². The molecule has 0 aliphatic carbocycles. The summed E-state index contributed by atoms with van der Waals surface area (Å²) in [5.74, 6) is -0.0326. The highest BCUT2D eigenvalue weighted by Gasteiger charge is 2.36. The fourth-order valence-electron chi connectivity index (χ4n) is 0.471. The van der Waals surface area contributed by atoms with Crippen LogP contribution >= 0.6 is 0 Å². The van der Waals surface area contributed by atoms with Gasteiger partial charge in [-0.3, -0.25) is 0 Å². The first-order valence-corrected chi connectivity index (χ1v) is 3.76. The van der Waals surface area contributed by atoms with E-state index >= 15 is 0 Å². The van der Waals surface area contributed by atoms with Crippen molar-refractivity contribution in [3.8, 4) is 0 Å². The smallest absolute Gasteiger partial charge is 0.369 e. The molecule has 0 saturated carbocycles. The lowest BCUT2D eigenvalue weighted by atomic mass is 10.2. The predicted molar refractivity (Wildman–Crippen MR) is 39.7 cm³/mol. The monoisotopic (exact) mass is 185 g/mol. The summed E-state index contributed by atoms with van der Waals surface area (Å²) < 4.78 is 40.1. The van der Waals surface area contributed by atoms with Gasteiger partial charge in [0.2, 0.25) is 0 Å². The van der Waals surface area contributed by atoms with Gasteiger partial charge in [-0.15, -0.1) is 0 Å². The molecule has 12 heavy (non-hydrogen) atoms. The van der Waals surface area contributed by atoms with Crippen molar-refractivity contribution in [3.63, 3.8) is 0 Å². The quantitative estimate of drug-likeness (QED) is 0.721. The maximum absolute atomic E-state index is 11.8. The third kappa shape index (κ3) is 4.56. The Morgan fingerprint density at radius 1 is 1.33 bits per heavy atom. The van der Waals surface area contributed by atoms with Gasteiger partial charge in [0, 0.05) is 0 Å². The Bertz CT molecular complexity index is 126. The third-order valence-electron chi connectivity index (χ3n) is 1.49. The van der Waals surface area contributed by atoms with E-state index < -0.39 is 12.3 Å². The van der Waals surface area contributed by atoms with E-state index in [2.05, 4.69) is 4.74 Å². The van der Waals surface area contributed by atoms with Gasteiger partial charge in [0.05, 0.1) is 6.61 Å². The molecule has 2 N–H and O–H groups in total. The van der Waals surface area contributed by atoms with Crippen molar-refractivity contribution < 1.29 is 17.9 Å².